The van der Waals surface area contributed by atoms with Gasteiger partial charge in [0.15, 0.2) is 0 Å². The molecular formula is C13H14BN3O3. The number of nitrogens with zero attached hydrogens (tertiary/aromatic N) is 2. The molecule has 2 heterocycles. The van der Waals surface area contributed by atoms with E-state index in [0.717, 1.165) is 23.9 Å². The van der Waals surface area contributed by atoms with Crippen molar-refractivity contribution in [3.05, 3.63) is 24.2 Å². The van der Waals surface area contributed by atoms with Gasteiger partial charge < -0.3 is 15.4 Å². The Kier molecular flexibility index (Phi) is 3.15. The molecule has 1 aliphatic carbocycles. The number of hydrogen-bond donors (Lipinski definition) is 3. The van der Waals surface area contributed by atoms with Gasteiger partial charge in [-0.15, -0.1) is 0 Å². The normalized spacial score (nSPS) is 14.3. The van der Waals surface area contributed by atoms with Gasteiger partial charge in [0.25, 0.3) is 0 Å². The van der Waals surface area contributed by atoms with E-state index in [2.05, 4.69) is 15.3 Å². The molecule has 20 heavy (non-hydrogen) atoms. The number of pyridine rings is 2. The van der Waals surface area contributed by atoms with Crippen LogP contribution in [-0.2, 0) is 4.79 Å². The summed E-state index contributed by atoms with van der Waals surface area (Å²) in [6.45, 7) is 1.82. The molecular weight excluding hydrogens is 257 g/mol. The van der Waals surface area contributed by atoms with Crippen molar-refractivity contribution in [3.8, 4) is 0 Å². The first-order valence-corrected chi connectivity index (χ1v) is 6.48. The maximum absolute atomic E-state index is 11.7. The highest BCUT2D eigenvalue weighted by atomic mass is 16.4. The van der Waals surface area contributed by atoms with Gasteiger partial charge in [-0.05, 0) is 31.2 Å². The lowest BCUT2D eigenvalue weighted by molar-refractivity contribution is -0.117. The van der Waals surface area contributed by atoms with Crippen LogP contribution in [-0.4, -0.2) is 33.0 Å². The van der Waals surface area contributed by atoms with E-state index < -0.39 is 7.12 Å². The van der Waals surface area contributed by atoms with Crippen molar-refractivity contribution in [2.75, 3.05) is 5.32 Å². The third kappa shape index (κ3) is 2.37. The summed E-state index contributed by atoms with van der Waals surface area (Å²) in [5.74, 6) is 0.477. The molecule has 2 aromatic rings. The molecule has 7 heteroatoms. The second-order valence-corrected chi connectivity index (χ2v) is 5.05. The largest absolute Gasteiger partial charge is 0.490 e. The second-order valence-electron chi connectivity index (χ2n) is 5.05. The SMILES string of the molecule is Cc1ncc(B(O)O)c2cc(NC(=O)C3CC3)ncc12. The molecule has 0 bridgehead atoms. The standard InChI is InChI=1S/C13H14BN3O3/c1-7-10-5-16-12(17-13(18)8-2-3-8)4-9(10)11(6-15-7)14(19)20/h4-6,8,19-20H,2-3H2,1H3,(H,16,17,18). The summed E-state index contributed by atoms with van der Waals surface area (Å²) in [5, 5.41) is 22.9. The van der Waals surface area contributed by atoms with E-state index >= 15 is 0 Å². The van der Waals surface area contributed by atoms with Crippen molar-refractivity contribution in [2.24, 2.45) is 5.92 Å². The third-order valence-corrected chi connectivity index (χ3v) is 3.48. The van der Waals surface area contributed by atoms with Crippen molar-refractivity contribution in [1.29, 1.82) is 0 Å². The molecule has 2 aromatic heterocycles. The van der Waals surface area contributed by atoms with E-state index in [4.69, 9.17) is 0 Å². The van der Waals surface area contributed by atoms with Gasteiger partial charge in [-0.1, -0.05) is 0 Å². The number of carbonyl (C=O) groups excluding carboxylic acids is 1. The highest BCUT2D eigenvalue weighted by molar-refractivity contribution is 6.61. The number of amides is 1. The molecule has 1 amide bonds. The van der Waals surface area contributed by atoms with Gasteiger partial charge in [0.1, 0.15) is 5.82 Å². The summed E-state index contributed by atoms with van der Waals surface area (Å²) < 4.78 is 0. The lowest BCUT2D eigenvalue weighted by Crippen LogP contribution is -2.31. The zero-order valence-corrected chi connectivity index (χ0v) is 11.0. The van der Waals surface area contributed by atoms with Gasteiger partial charge >= 0.3 is 7.12 Å². The molecule has 0 spiro atoms. The topological polar surface area (TPSA) is 95.3 Å². The van der Waals surface area contributed by atoms with Gasteiger partial charge in [0, 0.05) is 34.9 Å². The van der Waals surface area contributed by atoms with Crippen LogP contribution < -0.4 is 10.8 Å². The average molecular weight is 271 g/mol. The third-order valence-electron chi connectivity index (χ3n) is 3.48. The fourth-order valence-electron chi connectivity index (χ4n) is 2.14. The lowest BCUT2D eigenvalue weighted by atomic mass is 9.78. The fraction of sp³-hybridized carbons (Fsp3) is 0.308. The smallest absolute Gasteiger partial charge is 0.423 e. The Morgan fingerprint density at radius 3 is 2.70 bits per heavy atom. The van der Waals surface area contributed by atoms with E-state index in [-0.39, 0.29) is 11.8 Å². The van der Waals surface area contributed by atoms with Gasteiger partial charge in [0.2, 0.25) is 5.91 Å². The van der Waals surface area contributed by atoms with E-state index in [1.54, 1.807) is 12.3 Å². The molecule has 0 radical (unpaired) electrons. The Bertz CT molecular complexity index is 686. The quantitative estimate of drug-likeness (QED) is 0.681. The van der Waals surface area contributed by atoms with Crippen LogP contribution >= 0.6 is 0 Å². The number of nitrogens with one attached hydrogen (secondary N) is 1. The predicted molar refractivity (Wildman–Crippen MR) is 75.5 cm³/mol. The Morgan fingerprint density at radius 1 is 1.30 bits per heavy atom. The summed E-state index contributed by atoms with van der Waals surface area (Å²) in [4.78, 5) is 20.0. The Balaban J connectivity index is 2.03. The number of aryl methyl sites for hydroxylation is 1. The van der Waals surface area contributed by atoms with Crippen LogP contribution in [0.1, 0.15) is 18.5 Å². The fourth-order valence-corrected chi connectivity index (χ4v) is 2.14. The van der Waals surface area contributed by atoms with Crippen molar-refractivity contribution in [1.82, 2.24) is 9.97 Å². The molecule has 0 atom stereocenters. The highest BCUT2D eigenvalue weighted by Crippen LogP contribution is 2.30. The van der Waals surface area contributed by atoms with Gasteiger partial charge in [-0.2, -0.15) is 0 Å². The number of aromatic nitrogens is 2. The number of fused-ring (bicyclic) bond motifs is 1. The van der Waals surface area contributed by atoms with Gasteiger partial charge in [-0.25, -0.2) is 4.98 Å². The van der Waals surface area contributed by atoms with Crippen LogP contribution in [0.3, 0.4) is 0 Å². The summed E-state index contributed by atoms with van der Waals surface area (Å²) in [6, 6.07) is 1.65. The van der Waals surface area contributed by atoms with Crippen molar-refractivity contribution in [3.63, 3.8) is 0 Å². The zero-order valence-electron chi connectivity index (χ0n) is 11.0. The Hall–Kier alpha value is -1.99. The van der Waals surface area contributed by atoms with E-state index in [9.17, 15) is 14.8 Å². The molecule has 3 rings (SSSR count). The second kappa shape index (κ2) is 4.84. The summed E-state index contributed by atoms with van der Waals surface area (Å²) >= 11 is 0. The molecule has 6 nitrogen and oxygen atoms in total. The van der Waals surface area contributed by atoms with Crippen LogP contribution in [0.25, 0.3) is 10.8 Å². The first-order chi connectivity index (χ1) is 9.56. The molecule has 1 fully saturated rings. The monoisotopic (exact) mass is 271 g/mol. The minimum absolute atomic E-state index is 0.0336. The number of hydrogen-bond acceptors (Lipinski definition) is 5. The molecule has 3 N–H and O–H groups in total. The first kappa shape index (κ1) is 13.0. The molecule has 0 aliphatic heterocycles. The molecule has 102 valence electrons. The first-order valence-electron chi connectivity index (χ1n) is 6.48. The van der Waals surface area contributed by atoms with Crippen LogP contribution in [0, 0.1) is 12.8 Å². The Labute approximate surface area is 116 Å². The van der Waals surface area contributed by atoms with Crippen LogP contribution in [0.4, 0.5) is 5.82 Å². The van der Waals surface area contributed by atoms with Gasteiger partial charge in [0.05, 0.1) is 0 Å². The molecule has 0 saturated heterocycles. The van der Waals surface area contributed by atoms with Crippen LogP contribution in [0.5, 0.6) is 0 Å². The highest BCUT2D eigenvalue weighted by Gasteiger charge is 2.30. The molecule has 0 unspecified atom stereocenters. The minimum Gasteiger partial charge on any atom is -0.423 e. The molecule has 0 aromatic carbocycles. The Morgan fingerprint density at radius 2 is 2.05 bits per heavy atom. The maximum Gasteiger partial charge on any atom is 0.490 e. The maximum atomic E-state index is 11.7. The van der Waals surface area contributed by atoms with E-state index in [1.807, 2.05) is 6.92 Å². The number of rotatable bonds is 3. The van der Waals surface area contributed by atoms with Crippen molar-refractivity contribution < 1.29 is 14.8 Å². The van der Waals surface area contributed by atoms with Gasteiger partial charge in [-0.3, -0.25) is 9.78 Å². The lowest BCUT2D eigenvalue weighted by Gasteiger charge is -2.09. The summed E-state index contributed by atoms with van der Waals surface area (Å²) in [6.07, 6.45) is 4.85. The molecule has 1 saturated carbocycles. The summed E-state index contributed by atoms with van der Waals surface area (Å²) in [7, 11) is -1.61. The summed E-state index contributed by atoms with van der Waals surface area (Å²) in [5.41, 5.74) is 1.05. The predicted octanol–water partition coefficient (Wildman–Crippen LogP) is -0.0335. The van der Waals surface area contributed by atoms with Crippen LogP contribution in [0.15, 0.2) is 18.5 Å². The van der Waals surface area contributed by atoms with Crippen molar-refractivity contribution >= 4 is 35.1 Å². The number of anilines is 1. The zero-order chi connectivity index (χ0) is 14.3. The molecule has 1 aliphatic rings. The average Bonchev–Trinajstić information content (AvgIpc) is 3.22. The van der Waals surface area contributed by atoms with Crippen LogP contribution in [0.2, 0.25) is 0 Å². The van der Waals surface area contributed by atoms with E-state index in [0.29, 0.717) is 16.7 Å². The van der Waals surface area contributed by atoms with E-state index in [1.165, 1.54) is 6.20 Å². The number of carbonyl (C=O) groups is 1. The van der Waals surface area contributed by atoms with Crippen molar-refractivity contribution in [2.45, 2.75) is 19.8 Å². The minimum atomic E-state index is -1.61.